The van der Waals surface area contributed by atoms with Gasteiger partial charge in [0, 0.05) is 24.0 Å². The summed E-state index contributed by atoms with van der Waals surface area (Å²) in [6.45, 7) is 0.765. The number of anilines is 1. The lowest BCUT2D eigenvalue weighted by molar-refractivity contribution is 0.416. The molecule has 0 aliphatic carbocycles. The van der Waals surface area contributed by atoms with Crippen molar-refractivity contribution in [2.45, 2.75) is 6.54 Å². The molecule has 0 spiro atoms. The van der Waals surface area contributed by atoms with E-state index in [9.17, 15) is 14.3 Å². The van der Waals surface area contributed by atoms with Crippen LogP contribution < -0.4 is 11.0 Å². The molecule has 0 saturated carbocycles. The standard InChI is InChI=1S/C14H13FN4O2S/c15-10-3-1-9(2-4-10)11-8-22-13(18-11)16-5-6-19-12(20)7-17-14(19)21/h1-4,7-8,20H,5-6H2,(H,16,18)(H,17,21). The molecule has 0 aliphatic heterocycles. The molecule has 0 bridgehead atoms. The number of hydrogen-bond acceptors (Lipinski definition) is 5. The number of aromatic hydroxyl groups is 1. The molecule has 3 N–H and O–H groups in total. The van der Waals surface area contributed by atoms with Crippen molar-refractivity contribution >= 4 is 16.5 Å². The van der Waals surface area contributed by atoms with Gasteiger partial charge in [0.1, 0.15) is 5.82 Å². The number of thiazole rings is 1. The van der Waals surface area contributed by atoms with Crippen molar-refractivity contribution in [3.05, 3.63) is 52.1 Å². The van der Waals surface area contributed by atoms with E-state index in [-0.39, 0.29) is 17.4 Å². The van der Waals surface area contributed by atoms with Crippen LogP contribution in [0.4, 0.5) is 9.52 Å². The number of hydrogen-bond donors (Lipinski definition) is 3. The highest BCUT2D eigenvalue weighted by atomic mass is 32.1. The van der Waals surface area contributed by atoms with Gasteiger partial charge in [0.25, 0.3) is 0 Å². The van der Waals surface area contributed by atoms with Gasteiger partial charge in [0.05, 0.1) is 11.9 Å². The van der Waals surface area contributed by atoms with Gasteiger partial charge in [0.15, 0.2) is 5.13 Å². The second-order valence-corrected chi connectivity index (χ2v) is 5.43. The molecular weight excluding hydrogens is 307 g/mol. The van der Waals surface area contributed by atoms with E-state index in [1.165, 1.54) is 34.2 Å². The first kappa shape index (κ1) is 14.3. The van der Waals surface area contributed by atoms with Gasteiger partial charge in [-0.1, -0.05) is 0 Å². The molecule has 3 rings (SSSR count). The Bertz CT molecular complexity index is 822. The molecule has 22 heavy (non-hydrogen) atoms. The Kier molecular flexibility index (Phi) is 3.92. The zero-order chi connectivity index (χ0) is 15.5. The van der Waals surface area contributed by atoms with Crippen LogP contribution in [0.3, 0.4) is 0 Å². The van der Waals surface area contributed by atoms with Crippen LogP contribution in [0.25, 0.3) is 11.3 Å². The summed E-state index contributed by atoms with van der Waals surface area (Å²) in [5.41, 5.74) is 1.24. The Labute approximate surface area is 128 Å². The Hall–Kier alpha value is -2.61. The predicted octanol–water partition coefficient (Wildman–Crippen LogP) is 2.26. The SMILES string of the molecule is O=c1[nH]cc(O)n1CCNc1nc(-c2ccc(F)cc2)cs1. The Morgan fingerprint density at radius 2 is 2.14 bits per heavy atom. The predicted molar refractivity (Wildman–Crippen MR) is 82.7 cm³/mol. The Morgan fingerprint density at radius 1 is 1.36 bits per heavy atom. The van der Waals surface area contributed by atoms with Crippen LogP contribution in [0.15, 0.2) is 40.6 Å². The zero-order valence-electron chi connectivity index (χ0n) is 11.4. The topological polar surface area (TPSA) is 82.9 Å². The van der Waals surface area contributed by atoms with Gasteiger partial charge in [-0.3, -0.25) is 4.57 Å². The summed E-state index contributed by atoms with van der Waals surface area (Å²) in [5.74, 6) is -0.382. The van der Waals surface area contributed by atoms with E-state index in [1.807, 2.05) is 5.38 Å². The highest BCUT2D eigenvalue weighted by Gasteiger charge is 2.06. The van der Waals surface area contributed by atoms with E-state index in [0.29, 0.717) is 18.2 Å². The zero-order valence-corrected chi connectivity index (χ0v) is 12.2. The number of H-pyrrole nitrogens is 1. The van der Waals surface area contributed by atoms with Gasteiger partial charge in [0.2, 0.25) is 5.88 Å². The fourth-order valence-electron chi connectivity index (χ4n) is 1.99. The molecule has 114 valence electrons. The molecular formula is C14H13FN4O2S. The number of benzene rings is 1. The number of rotatable bonds is 5. The molecule has 3 aromatic rings. The third-order valence-electron chi connectivity index (χ3n) is 3.10. The largest absolute Gasteiger partial charge is 0.493 e. The highest BCUT2D eigenvalue weighted by Crippen LogP contribution is 2.24. The van der Waals surface area contributed by atoms with E-state index < -0.39 is 0 Å². The molecule has 1 aromatic carbocycles. The first-order chi connectivity index (χ1) is 10.6. The summed E-state index contributed by atoms with van der Waals surface area (Å²) < 4.78 is 14.1. The molecule has 0 radical (unpaired) electrons. The maximum atomic E-state index is 12.9. The van der Waals surface area contributed by atoms with Crippen molar-refractivity contribution in [2.75, 3.05) is 11.9 Å². The second kappa shape index (κ2) is 6.02. The molecule has 0 fully saturated rings. The van der Waals surface area contributed by atoms with E-state index in [4.69, 9.17) is 0 Å². The van der Waals surface area contributed by atoms with Crippen molar-refractivity contribution in [2.24, 2.45) is 0 Å². The van der Waals surface area contributed by atoms with Crippen LogP contribution >= 0.6 is 11.3 Å². The molecule has 0 amide bonds. The fraction of sp³-hybridized carbons (Fsp3) is 0.143. The van der Waals surface area contributed by atoms with Crippen LogP contribution in [0.2, 0.25) is 0 Å². The van der Waals surface area contributed by atoms with Gasteiger partial charge in [-0.25, -0.2) is 14.2 Å². The molecule has 0 saturated heterocycles. The van der Waals surface area contributed by atoms with Crippen molar-refractivity contribution in [3.63, 3.8) is 0 Å². The third kappa shape index (κ3) is 3.01. The van der Waals surface area contributed by atoms with Crippen LogP contribution in [0, 0.1) is 5.82 Å². The lowest BCUT2D eigenvalue weighted by Gasteiger charge is -2.04. The van der Waals surface area contributed by atoms with E-state index >= 15 is 0 Å². The molecule has 0 unspecified atom stereocenters. The first-order valence-electron chi connectivity index (χ1n) is 6.56. The minimum atomic E-state index is -0.356. The van der Waals surface area contributed by atoms with Crippen LogP contribution in [0.5, 0.6) is 5.88 Å². The molecule has 2 aromatic heterocycles. The average Bonchev–Trinajstić information content (AvgIpc) is 3.10. The molecule has 2 heterocycles. The lowest BCUT2D eigenvalue weighted by Crippen LogP contribution is -2.21. The first-order valence-corrected chi connectivity index (χ1v) is 7.44. The van der Waals surface area contributed by atoms with Gasteiger partial charge in [-0.15, -0.1) is 11.3 Å². The van der Waals surface area contributed by atoms with E-state index in [2.05, 4.69) is 15.3 Å². The van der Waals surface area contributed by atoms with Gasteiger partial charge < -0.3 is 15.4 Å². The van der Waals surface area contributed by atoms with Crippen molar-refractivity contribution in [1.82, 2.24) is 14.5 Å². The number of nitrogens with one attached hydrogen (secondary N) is 2. The summed E-state index contributed by atoms with van der Waals surface area (Å²) in [6, 6.07) is 6.13. The molecule has 6 nitrogen and oxygen atoms in total. The Balaban J connectivity index is 1.62. The van der Waals surface area contributed by atoms with E-state index in [1.54, 1.807) is 12.1 Å². The van der Waals surface area contributed by atoms with Gasteiger partial charge in [-0.2, -0.15) is 0 Å². The second-order valence-electron chi connectivity index (χ2n) is 4.58. The third-order valence-corrected chi connectivity index (χ3v) is 3.90. The summed E-state index contributed by atoms with van der Waals surface area (Å²) in [5, 5.41) is 15.1. The van der Waals surface area contributed by atoms with Crippen LogP contribution in [-0.2, 0) is 6.54 Å². The molecule has 0 atom stereocenters. The summed E-state index contributed by atoms with van der Waals surface area (Å²) in [6.07, 6.45) is 1.25. The number of aromatic nitrogens is 3. The van der Waals surface area contributed by atoms with Crippen LogP contribution in [0.1, 0.15) is 0 Å². The number of nitrogens with zero attached hydrogens (tertiary/aromatic N) is 2. The van der Waals surface area contributed by atoms with Crippen molar-refractivity contribution < 1.29 is 9.50 Å². The number of aromatic amines is 1. The number of halogens is 1. The van der Waals surface area contributed by atoms with E-state index in [0.717, 1.165) is 11.3 Å². The minimum Gasteiger partial charge on any atom is -0.493 e. The lowest BCUT2D eigenvalue weighted by atomic mass is 10.2. The summed E-state index contributed by atoms with van der Waals surface area (Å²) in [7, 11) is 0. The van der Waals surface area contributed by atoms with Crippen molar-refractivity contribution in [3.8, 4) is 17.1 Å². The van der Waals surface area contributed by atoms with Gasteiger partial charge in [-0.05, 0) is 24.3 Å². The van der Waals surface area contributed by atoms with Gasteiger partial charge >= 0.3 is 5.69 Å². The average molecular weight is 320 g/mol. The summed E-state index contributed by atoms with van der Waals surface area (Å²) >= 11 is 1.42. The summed E-state index contributed by atoms with van der Waals surface area (Å²) in [4.78, 5) is 18.2. The minimum absolute atomic E-state index is 0.0991. The van der Waals surface area contributed by atoms with Crippen molar-refractivity contribution in [1.29, 1.82) is 0 Å². The van der Waals surface area contributed by atoms with Crippen LogP contribution in [-0.4, -0.2) is 26.2 Å². The molecule has 8 heteroatoms. The Morgan fingerprint density at radius 3 is 2.82 bits per heavy atom. The number of imidazole rings is 1. The quantitative estimate of drug-likeness (QED) is 0.673. The normalized spacial score (nSPS) is 10.8. The monoisotopic (exact) mass is 320 g/mol. The maximum Gasteiger partial charge on any atom is 0.328 e. The molecule has 0 aliphatic rings. The fourth-order valence-corrected chi connectivity index (χ4v) is 2.73. The smallest absolute Gasteiger partial charge is 0.328 e. The maximum absolute atomic E-state index is 12.9. The highest BCUT2D eigenvalue weighted by molar-refractivity contribution is 7.14.